The molecule has 0 N–H and O–H groups in total. The molecule has 4 rings (SSSR count). The number of rotatable bonds is 4. The Labute approximate surface area is 162 Å². The fraction of sp³-hybridized carbons (Fsp3) is 0.391. The van der Waals surface area contributed by atoms with E-state index in [4.69, 9.17) is 14.2 Å². The van der Waals surface area contributed by atoms with Gasteiger partial charge < -0.3 is 14.2 Å². The van der Waals surface area contributed by atoms with Gasteiger partial charge in [-0.2, -0.15) is 0 Å². The number of nitrogens with zero attached hydrogens (tertiary/aromatic N) is 1. The highest BCUT2D eigenvalue weighted by molar-refractivity contribution is 5.67. The molecule has 0 spiro atoms. The first-order valence-corrected chi connectivity index (χ1v) is 9.51. The van der Waals surface area contributed by atoms with Crippen LogP contribution in [0, 0.1) is 0 Å². The molecule has 2 aliphatic heterocycles. The van der Waals surface area contributed by atoms with E-state index >= 15 is 0 Å². The van der Waals surface area contributed by atoms with Crippen LogP contribution in [-0.2, 0) is 0 Å². The Bertz CT molecular complexity index is 731. The number of methoxy groups -OCH3 is 3. The predicted octanol–water partition coefficient (Wildman–Crippen LogP) is 4.65. The van der Waals surface area contributed by atoms with E-state index in [-0.39, 0.29) is 0 Å². The number of hydrogen-bond donors (Lipinski definition) is 0. The predicted molar refractivity (Wildman–Crippen MR) is 110 cm³/mol. The van der Waals surface area contributed by atoms with Gasteiger partial charge in [-0.05, 0) is 61.2 Å². The largest absolute Gasteiger partial charge is 0.497 e. The molecular formula is C23H29NO3. The van der Waals surface area contributed by atoms with Gasteiger partial charge >= 0.3 is 0 Å². The summed E-state index contributed by atoms with van der Waals surface area (Å²) in [6, 6.07) is 16.7. The first-order chi connectivity index (χ1) is 13.2. The van der Waals surface area contributed by atoms with Crippen LogP contribution < -0.4 is 14.2 Å². The van der Waals surface area contributed by atoms with Crippen LogP contribution >= 0.6 is 0 Å². The molecular weight excluding hydrogens is 338 g/mol. The summed E-state index contributed by atoms with van der Waals surface area (Å²) in [5.41, 5.74) is 2.87. The second kappa shape index (κ2) is 9.47. The van der Waals surface area contributed by atoms with Gasteiger partial charge in [0.2, 0.25) is 0 Å². The zero-order chi connectivity index (χ0) is 19.1. The van der Waals surface area contributed by atoms with Gasteiger partial charge in [-0.25, -0.2) is 0 Å². The van der Waals surface area contributed by atoms with Crippen LogP contribution in [0.4, 0.5) is 0 Å². The molecule has 2 heterocycles. The monoisotopic (exact) mass is 367 g/mol. The van der Waals surface area contributed by atoms with Crippen molar-refractivity contribution in [3.05, 3.63) is 60.2 Å². The lowest BCUT2D eigenvalue weighted by atomic mass is 9.96. The van der Waals surface area contributed by atoms with E-state index < -0.39 is 0 Å². The van der Waals surface area contributed by atoms with Crippen LogP contribution in [-0.4, -0.2) is 45.4 Å². The number of benzene rings is 2. The highest BCUT2D eigenvalue weighted by atomic mass is 16.5. The van der Waals surface area contributed by atoms with E-state index in [0.717, 1.165) is 17.2 Å². The molecule has 1 fully saturated rings. The molecule has 0 saturated carbocycles. The molecule has 2 aromatic carbocycles. The third-order valence-corrected chi connectivity index (χ3v) is 5.23. The maximum Gasteiger partial charge on any atom is 0.160 e. The summed E-state index contributed by atoms with van der Waals surface area (Å²) in [4.78, 5) is 2.60. The molecule has 2 aliphatic rings. The fourth-order valence-corrected chi connectivity index (χ4v) is 3.73. The maximum atomic E-state index is 5.20. The lowest BCUT2D eigenvalue weighted by molar-refractivity contribution is 0.288. The van der Waals surface area contributed by atoms with Crippen LogP contribution in [0.2, 0.25) is 0 Å². The van der Waals surface area contributed by atoms with E-state index in [9.17, 15) is 0 Å². The molecule has 0 aromatic heterocycles. The minimum absolute atomic E-state index is 0.695. The molecule has 1 atom stereocenters. The van der Waals surface area contributed by atoms with Crippen molar-refractivity contribution in [3.8, 4) is 17.2 Å². The van der Waals surface area contributed by atoms with Crippen molar-refractivity contribution >= 4 is 5.57 Å². The molecule has 144 valence electrons. The fourth-order valence-electron chi connectivity index (χ4n) is 3.73. The minimum Gasteiger partial charge on any atom is -0.497 e. The summed E-state index contributed by atoms with van der Waals surface area (Å²) in [6.07, 6.45) is 6.35. The third-order valence-electron chi connectivity index (χ3n) is 5.23. The molecule has 0 bridgehead atoms. The van der Waals surface area contributed by atoms with E-state index in [1.165, 1.54) is 43.5 Å². The van der Waals surface area contributed by atoms with Gasteiger partial charge in [0.15, 0.2) is 11.5 Å². The number of ether oxygens (including phenoxy) is 3. The normalized spacial score (nSPS) is 18.6. The van der Waals surface area contributed by atoms with Crippen molar-refractivity contribution in [2.24, 2.45) is 0 Å². The van der Waals surface area contributed by atoms with Crippen LogP contribution in [0.5, 0.6) is 17.2 Å². The molecule has 2 aromatic rings. The highest BCUT2D eigenvalue weighted by Crippen LogP contribution is 2.31. The molecule has 1 saturated heterocycles. The molecule has 0 aliphatic carbocycles. The summed E-state index contributed by atoms with van der Waals surface area (Å²) in [6.45, 7) is 2.51. The second-order valence-corrected chi connectivity index (χ2v) is 6.77. The second-order valence-electron chi connectivity index (χ2n) is 6.77. The summed E-state index contributed by atoms with van der Waals surface area (Å²) in [5, 5.41) is 0. The summed E-state index contributed by atoms with van der Waals surface area (Å²) < 4.78 is 15.2. The van der Waals surface area contributed by atoms with Gasteiger partial charge in [0.05, 0.1) is 21.3 Å². The van der Waals surface area contributed by atoms with Crippen LogP contribution in [0.15, 0.2) is 54.6 Å². The topological polar surface area (TPSA) is 30.9 Å². The quantitative estimate of drug-likeness (QED) is 0.787. The zero-order valence-corrected chi connectivity index (χ0v) is 16.5. The number of fused-ring (bicyclic) bond motifs is 1. The summed E-state index contributed by atoms with van der Waals surface area (Å²) >= 11 is 0. The molecule has 0 amide bonds. The Morgan fingerprint density at radius 1 is 0.815 bits per heavy atom. The van der Waals surface area contributed by atoms with Gasteiger partial charge in [-0.1, -0.05) is 30.3 Å². The highest BCUT2D eigenvalue weighted by Gasteiger charge is 2.26. The van der Waals surface area contributed by atoms with Gasteiger partial charge in [-0.3, -0.25) is 4.90 Å². The summed E-state index contributed by atoms with van der Waals surface area (Å²) in [7, 11) is 4.96. The number of para-hydroxylation sites is 2. The van der Waals surface area contributed by atoms with E-state index in [0.29, 0.717) is 6.04 Å². The van der Waals surface area contributed by atoms with E-state index in [1.807, 2.05) is 24.3 Å². The summed E-state index contributed by atoms with van der Waals surface area (Å²) in [5.74, 6) is 2.47. The first-order valence-electron chi connectivity index (χ1n) is 9.51. The third kappa shape index (κ3) is 4.83. The molecule has 1 unspecified atom stereocenters. The van der Waals surface area contributed by atoms with Crippen molar-refractivity contribution in [1.82, 2.24) is 4.90 Å². The van der Waals surface area contributed by atoms with Crippen LogP contribution in [0.3, 0.4) is 0 Å². The Kier molecular flexibility index (Phi) is 6.77. The smallest absolute Gasteiger partial charge is 0.160 e. The zero-order valence-electron chi connectivity index (χ0n) is 16.5. The Morgan fingerprint density at radius 3 is 2.07 bits per heavy atom. The van der Waals surface area contributed by atoms with E-state index in [1.54, 1.807) is 21.3 Å². The molecule has 27 heavy (non-hydrogen) atoms. The molecule has 4 heteroatoms. The first kappa shape index (κ1) is 19.3. The average molecular weight is 367 g/mol. The van der Waals surface area contributed by atoms with Crippen LogP contribution in [0.1, 0.15) is 24.8 Å². The molecule has 0 radical (unpaired) electrons. The van der Waals surface area contributed by atoms with Gasteiger partial charge in [0.1, 0.15) is 5.75 Å². The van der Waals surface area contributed by atoms with Crippen LogP contribution in [0.25, 0.3) is 5.57 Å². The van der Waals surface area contributed by atoms with Gasteiger partial charge in [0, 0.05) is 12.6 Å². The van der Waals surface area contributed by atoms with Crippen molar-refractivity contribution in [3.63, 3.8) is 0 Å². The SMILES string of the molecule is COc1ccc(C2=CC3CCCN3CC2)cc1.COc1ccccc1OC. The maximum absolute atomic E-state index is 5.20. The lowest BCUT2D eigenvalue weighted by Gasteiger charge is -2.28. The average Bonchev–Trinajstić information content (AvgIpc) is 3.22. The standard InChI is InChI=1S/C15H19NO.C8H10O2/c1-17-15-6-4-12(5-7-15)13-8-10-16-9-2-3-14(16)11-13;1-9-7-5-3-4-6-8(7)10-2/h4-7,11,14H,2-3,8-10H2,1H3;3-6H,1-2H3. The van der Waals surface area contributed by atoms with Crippen molar-refractivity contribution in [2.75, 3.05) is 34.4 Å². The van der Waals surface area contributed by atoms with Gasteiger partial charge in [-0.15, -0.1) is 0 Å². The van der Waals surface area contributed by atoms with E-state index in [2.05, 4.69) is 35.2 Å². The Morgan fingerprint density at radius 2 is 1.48 bits per heavy atom. The van der Waals surface area contributed by atoms with Crippen molar-refractivity contribution < 1.29 is 14.2 Å². The number of hydrogen-bond acceptors (Lipinski definition) is 4. The van der Waals surface area contributed by atoms with Gasteiger partial charge in [0.25, 0.3) is 0 Å². The minimum atomic E-state index is 0.695. The Balaban J connectivity index is 0.000000180. The lowest BCUT2D eigenvalue weighted by Crippen LogP contribution is -2.32. The van der Waals surface area contributed by atoms with Crippen molar-refractivity contribution in [1.29, 1.82) is 0 Å². The van der Waals surface area contributed by atoms with Crippen molar-refractivity contribution in [2.45, 2.75) is 25.3 Å². The molecule has 4 nitrogen and oxygen atoms in total. The Hall–Kier alpha value is -2.46.